The summed E-state index contributed by atoms with van der Waals surface area (Å²) in [6, 6.07) is 11.4. The van der Waals surface area contributed by atoms with Gasteiger partial charge in [0.05, 0.1) is 19.3 Å². The third kappa shape index (κ3) is 5.64. The van der Waals surface area contributed by atoms with Crippen molar-refractivity contribution in [1.82, 2.24) is 5.32 Å². The van der Waals surface area contributed by atoms with Crippen LogP contribution < -0.4 is 25.8 Å². The maximum atomic E-state index is 12.6. The minimum Gasteiger partial charge on any atom is -0.490 e. The Morgan fingerprint density at radius 2 is 1.63 bits per heavy atom. The van der Waals surface area contributed by atoms with Crippen molar-refractivity contribution < 1.29 is 19.1 Å². The molecule has 7 nitrogen and oxygen atoms in total. The summed E-state index contributed by atoms with van der Waals surface area (Å²) in [5.74, 6) is 0.939. The second-order valence-corrected chi connectivity index (χ2v) is 5.83. The number of benzene rings is 2. The molecule has 0 aliphatic rings. The van der Waals surface area contributed by atoms with Crippen LogP contribution in [-0.4, -0.2) is 25.2 Å². The number of hydrogen-bond acceptors (Lipinski definition) is 4. The number of hydrogen-bond donors (Lipinski definition) is 3. The van der Waals surface area contributed by atoms with Crippen LogP contribution in [0.3, 0.4) is 0 Å². The Bertz CT molecular complexity index is 790. The zero-order chi connectivity index (χ0) is 19.8. The molecule has 4 N–H and O–H groups in total. The van der Waals surface area contributed by atoms with Crippen LogP contribution in [0, 0.1) is 0 Å². The van der Waals surface area contributed by atoms with Gasteiger partial charge in [0.25, 0.3) is 5.91 Å². The first kappa shape index (κ1) is 20.1. The highest BCUT2D eigenvalue weighted by atomic mass is 16.5. The first-order valence-corrected chi connectivity index (χ1v) is 8.81. The van der Waals surface area contributed by atoms with Crippen LogP contribution in [0.15, 0.2) is 42.5 Å². The van der Waals surface area contributed by atoms with Crippen molar-refractivity contribution in [2.45, 2.75) is 26.8 Å². The summed E-state index contributed by atoms with van der Waals surface area (Å²) in [6.45, 7) is 6.65. The predicted octanol–water partition coefficient (Wildman–Crippen LogP) is 3.47. The Balaban J connectivity index is 2.09. The fraction of sp³-hybridized carbons (Fsp3) is 0.300. The van der Waals surface area contributed by atoms with Crippen LogP contribution in [0.5, 0.6) is 11.5 Å². The van der Waals surface area contributed by atoms with Gasteiger partial charge < -0.3 is 25.8 Å². The lowest BCUT2D eigenvalue weighted by atomic mass is 10.1. The van der Waals surface area contributed by atoms with Crippen molar-refractivity contribution in [1.29, 1.82) is 0 Å². The number of primary amides is 1. The molecule has 1 atom stereocenters. The van der Waals surface area contributed by atoms with Crippen molar-refractivity contribution in [2.24, 2.45) is 5.73 Å². The second-order valence-electron chi connectivity index (χ2n) is 5.83. The van der Waals surface area contributed by atoms with Gasteiger partial charge in [-0.25, -0.2) is 4.79 Å². The molecule has 27 heavy (non-hydrogen) atoms. The molecule has 2 aromatic rings. The molecule has 7 heteroatoms. The van der Waals surface area contributed by atoms with Gasteiger partial charge in [-0.05, 0) is 56.7 Å². The lowest BCUT2D eigenvalue weighted by Crippen LogP contribution is -2.26. The Hall–Kier alpha value is -3.22. The van der Waals surface area contributed by atoms with E-state index in [1.165, 1.54) is 0 Å². The van der Waals surface area contributed by atoms with Crippen molar-refractivity contribution in [3.8, 4) is 11.5 Å². The Morgan fingerprint density at radius 1 is 1.00 bits per heavy atom. The number of amides is 3. The highest BCUT2D eigenvalue weighted by molar-refractivity contribution is 5.95. The van der Waals surface area contributed by atoms with Gasteiger partial charge in [-0.1, -0.05) is 12.1 Å². The maximum absolute atomic E-state index is 12.6. The molecule has 3 amide bonds. The third-order valence-electron chi connectivity index (χ3n) is 3.83. The summed E-state index contributed by atoms with van der Waals surface area (Å²) in [7, 11) is 0. The SMILES string of the molecule is CCOc1ccc(C(=O)N[C@H](C)c2ccc(NC(N)=O)cc2)cc1OCC. The quantitative estimate of drug-likeness (QED) is 0.661. The van der Waals surface area contributed by atoms with E-state index >= 15 is 0 Å². The maximum Gasteiger partial charge on any atom is 0.316 e. The van der Waals surface area contributed by atoms with Crippen LogP contribution in [0.4, 0.5) is 10.5 Å². The van der Waals surface area contributed by atoms with Crippen molar-refractivity contribution in [2.75, 3.05) is 18.5 Å². The number of carbonyl (C=O) groups excluding carboxylic acids is 2. The van der Waals surface area contributed by atoms with E-state index in [2.05, 4.69) is 10.6 Å². The van der Waals surface area contributed by atoms with E-state index in [0.29, 0.717) is 36.0 Å². The van der Waals surface area contributed by atoms with Crippen molar-refractivity contribution in [3.63, 3.8) is 0 Å². The van der Waals surface area contributed by atoms with E-state index in [4.69, 9.17) is 15.2 Å². The number of anilines is 1. The zero-order valence-electron chi connectivity index (χ0n) is 15.7. The first-order chi connectivity index (χ1) is 12.9. The molecule has 2 aromatic carbocycles. The summed E-state index contributed by atoms with van der Waals surface area (Å²) in [4.78, 5) is 23.4. The Morgan fingerprint density at radius 3 is 2.22 bits per heavy atom. The van der Waals surface area contributed by atoms with Gasteiger partial charge in [0.15, 0.2) is 11.5 Å². The Labute approximate surface area is 158 Å². The van der Waals surface area contributed by atoms with E-state index < -0.39 is 6.03 Å². The van der Waals surface area contributed by atoms with Crippen molar-refractivity contribution in [3.05, 3.63) is 53.6 Å². The Kier molecular flexibility index (Phi) is 7.05. The van der Waals surface area contributed by atoms with E-state index in [1.807, 2.05) is 32.9 Å². The van der Waals surface area contributed by atoms with E-state index in [9.17, 15) is 9.59 Å². The number of nitrogens with two attached hydrogens (primary N) is 1. The smallest absolute Gasteiger partial charge is 0.316 e. The van der Waals surface area contributed by atoms with Gasteiger partial charge >= 0.3 is 6.03 Å². The van der Waals surface area contributed by atoms with Crippen molar-refractivity contribution >= 4 is 17.6 Å². The summed E-state index contributed by atoms with van der Waals surface area (Å²) < 4.78 is 11.1. The molecule has 0 heterocycles. The average Bonchev–Trinajstić information content (AvgIpc) is 2.63. The van der Waals surface area contributed by atoms with E-state index in [0.717, 1.165) is 5.56 Å². The minimum absolute atomic E-state index is 0.217. The van der Waals surface area contributed by atoms with Crippen LogP contribution in [-0.2, 0) is 0 Å². The molecule has 0 radical (unpaired) electrons. The summed E-state index contributed by atoms with van der Waals surface area (Å²) in [5.41, 5.74) is 7.07. The largest absolute Gasteiger partial charge is 0.490 e. The fourth-order valence-electron chi connectivity index (χ4n) is 2.55. The molecule has 0 aliphatic heterocycles. The third-order valence-corrected chi connectivity index (χ3v) is 3.83. The predicted molar refractivity (Wildman–Crippen MR) is 104 cm³/mol. The number of urea groups is 1. The van der Waals surface area contributed by atoms with Crippen LogP contribution in [0.1, 0.15) is 42.7 Å². The normalized spacial score (nSPS) is 11.4. The number of carbonyl (C=O) groups is 2. The van der Waals surface area contributed by atoms with Crippen LogP contribution >= 0.6 is 0 Å². The number of ether oxygens (including phenoxy) is 2. The molecule has 0 unspecified atom stereocenters. The van der Waals surface area contributed by atoms with Gasteiger partial charge in [0, 0.05) is 11.3 Å². The summed E-state index contributed by atoms with van der Waals surface area (Å²) in [6.07, 6.45) is 0. The summed E-state index contributed by atoms with van der Waals surface area (Å²) in [5, 5.41) is 5.44. The molecule has 0 saturated heterocycles. The molecule has 0 spiro atoms. The van der Waals surface area contributed by atoms with Gasteiger partial charge in [-0.2, -0.15) is 0 Å². The molecule has 0 saturated carbocycles. The summed E-state index contributed by atoms with van der Waals surface area (Å²) >= 11 is 0. The number of rotatable bonds is 8. The first-order valence-electron chi connectivity index (χ1n) is 8.81. The van der Waals surface area contributed by atoms with E-state index in [-0.39, 0.29) is 11.9 Å². The van der Waals surface area contributed by atoms with E-state index in [1.54, 1.807) is 30.3 Å². The molecule has 0 fully saturated rings. The highest BCUT2D eigenvalue weighted by Crippen LogP contribution is 2.29. The van der Waals surface area contributed by atoms with Gasteiger partial charge in [0.1, 0.15) is 0 Å². The molecule has 0 bridgehead atoms. The molecular weight excluding hydrogens is 346 g/mol. The second kappa shape index (κ2) is 9.47. The molecule has 144 valence electrons. The van der Waals surface area contributed by atoms with Gasteiger partial charge in [-0.15, -0.1) is 0 Å². The lowest BCUT2D eigenvalue weighted by molar-refractivity contribution is 0.0939. The van der Waals surface area contributed by atoms with Gasteiger partial charge in [0.2, 0.25) is 0 Å². The molecule has 0 aromatic heterocycles. The molecule has 2 rings (SSSR count). The lowest BCUT2D eigenvalue weighted by Gasteiger charge is -2.16. The number of nitrogens with one attached hydrogen (secondary N) is 2. The molecular formula is C20H25N3O4. The minimum atomic E-state index is -0.621. The van der Waals surface area contributed by atoms with Crippen LogP contribution in [0.25, 0.3) is 0 Å². The topological polar surface area (TPSA) is 103 Å². The monoisotopic (exact) mass is 371 g/mol. The zero-order valence-corrected chi connectivity index (χ0v) is 15.7. The fourth-order valence-corrected chi connectivity index (χ4v) is 2.55. The van der Waals surface area contributed by atoms with Crippen LogP contribution in [0.2, 0.25) is 0 Å². The standard InChI is InChI=1S/C20H25N3O4/c1-4-26-17-11-8-15(12-18(17)27-5-2)19(24)22-13(3)14-6-9-16(10-7-14)23-20(21)25/h6-13H,4-5H2,1-3H3,(H,22,24)(H3,21,23,25)/t13-/m1/s1. The molecule has 0 aliphatic carbocycles. The van der Waals surface area contributed by atoms with Gasteiger partial charge in [-0.3, -0.25) is 4.79 Å². The highest BCUT2D eigenvalue weighted by Gasteiger charge is 2.14. The average molecular weight is 371 g/mol.